The molecule has 1 heterocycles. The van der Waals surface area contributed by atoms with Crippen LogP contribution in [-0.2, 0) is 6.42 Å². The minimum absolute atomic E-state index is 0.243. The van der Waals surface area contributed by atoms with Crippen molar-refractivity contribution in [3.8, 4) is 0 Å². The molecule has 3 aromatic rings. The molecular formula is C22H24N4O. The van der Waals surface area contributed by atoms with Gasteiger partial charge < -0.3 is 10.6 Å². The van der Waals surface area contributed by atoms with Gasteiger partial charge in [0.15, 0.2) is 0 Å². The van der Waals surface area contributed by atoms with Crippen LogP contribution in [0.3, 0.4) is 0 Å². The minimum Gasteiger partial charge on any atom is -0.354 e. The van der Waals surface area contributed by atoms with Gasteiger partial charge in [-0.25, -0.2) is 9.97 Å². The molecule has 0 spiro atoms. The van der Waals surface area contributed by atoms with E-state index in [0.29, 0.717) is 11.6 Å². The second-order valence-corrected chi connectivity index (χ2v) is 6.53. The number of benzene rings is 2. The van der Waals surface area contributed by atoms with Crippen molar-refractivity contribution in [2.45, 2.75) is 26.7 Å². The molecule has 2 aromatic carbocycles. The predicted octanol–water partition coefficient (Wildman–Crippen LogP) is 4.39. The fraction of sp³-hybridized carbons (Fsp3) is 0.227. The number of aromatic nitrogens is 2. The van der Waals surface area contributed by atoms with Crippen LogP contribution in [0.5, 0.6) is 0 Å². The molecular weight excluding hydrogens is 336 g/mol. The molecule has 0 atom stereocenters. The van der Waals surface area contributed by atoms with Gasteiger partial charge in [0.25, 0.3) is 5.91 Å². The van der Waals surface area contributed by atoms with Crippen LogP contribution in [-0.4, -0.2) is 22.4 Å². The zero-order chi connectivity index (χ0) is 19.1. The summed E-state index contributed by atoms with van der Waals surface area (Å²) in [6.45, 7) is 4.81. The topological polar surface area (TPSA) is 66.9 Å². The Labute approximate surface area is 159 Å². The number of carbonyl (C=O) groups excluding carboxylic acids is 1. The second-order valence-electron chi connectivity index (χ2n) is 6.53. The molecule has 1 amide bonds. The van der Waals surface area contributed by atoms with E-state index < -0.39 is 0 Å². The molecule has 5 nitrogen and oxygen atoms in total. The number of amides is 1. The van der Waals surface area contributed by atoms with Crippen LogP contribution in [0, 0.1) is 13.8 Å². The lowest BCUT2D eigenvalue weighted by molar-refractivity contribution is 0.102. The van der Waals surface area contributed by atoms with Gasteiger partial charge in [0, 0.05) is 18.4 Å². The number of rotatable bonds is 7. The summed E-state index contributed by atoms with van der Waals surface area (Å²) in [6, 6.07) is 17.8. The number of aryl methyl sites for hydroxylation is 3. The molecule has 0 radical (unpaired) electrons. The van der Waals surface area contributed by atoms with E-state index >= 15 is 0 Å². The highest BCUT2D eigenvalue weighted by atomic mass is 16.1. The first-order valence-electron chi connectivity index (χ1n) is 9.11. The Balaban J connectivity index is 1.54. The number of carbonyl (C=O) groups is 1. The molecule has 0 fully saturated rings. The van der Waals surface area contributed by atoms with Gasteiger partial charge in [0.05, 0.1) is 0 Å². The molecule has 0 saturated heterocycles. The van der Waals surface area contributed by atoms with Crippen LogP contribution < -0.4 is 10.6 Å². The highest BCUT2D eigenvalue weighted by Crippen LogP contribution is 2.15. The standard InChI is InChI=1S/C22H24N4O/c1-16-10-11-19(15-17(16)2)25-21(27)20-12-14-24-22(26-20)23-13-6-9-18-7-4-3-5-8-18/h3-5,7-8,10-12,14-15H,6,9,13H2,1-2H3,(H,25,27)(H,23,24,26). The van der Waals surface area contributed by atoms with E-state index in [0.717, 1.165) is 30.6 Å². The smallest absolute Gasteiger partial charge is 0.274 e. The SMILES string of the molecule is Cc1ccc(NC(=O)c2ccnc(NCCCc3ccccc3)n2)cc1C. The quantitative estimate of drug-likeness (QED) is 0.613. The molecule has 2 N–H and O–H groups in total. The summed E-state index contributed by atoms with van der Waals surface area (Å²) < 4.78 is 0. The van der Waals surface area contributed by atoms with Crippen molar-refractivity contribution in [3.05, 3.63) is 83.2 Å². The second kappa shape index (κ2) is 8.94. The molecule has 138 valence electrons. The average molecular weight is 360 g/mol. The van der Waals surface area contributed by atoms with E-state index in [-0.39, 0.29) is 5.91 Å². The van der Waals surface area contributed by atoms with Crippen LogP contribution >= 0.6 is 0 Å². The van der Waals surface area contributed by atoms with Gasteiger partial charge in [-0.3, -0.25) is 4.79 Å². The maximum atomic E-state index is 12.4. The summed E-state index contributed by atoms with van der Waals surface area (Å²) in [5.41, 5.74) is 4.74. The molecule has 0 saturated carbocycles. The summed E-state index contributed by atoms with van der Waals surface area (Å²) in [5, 5.41) is 6.07. The zero-order valence-corrected chi connectivity index (χ0v) is 15.7. The molecule has 27 heavy (non-hydrogen) atoms. The van der Waals surface area contributed by atoms with Crippen LogP contribution in [0.1, 0.15) is 33.6 Å². The Morgan fingerprint density at radius 1 is 1.00 bits per heavy atom. The Morgan fingerprint density at radius 3 is 2.59 bits per heavy atom. The molecule has 0 unspecified atom stereocenters. The number of nitrogens with one attached hydrogen (secondary N) is 2. The number of hydrogen-bond donors (Lipinski definition) is 2. The summed E-state index contributed by atoms with van der Waals surface area (Å²) in [6.07, 6.45) is 3.55. The summed E-state index contributed by atoms with van der Waals surface area (Å²) in [5.74, 6) is 0.226. The lowest BCUT2D eigenvalue weighted by Gasteiger charge is -2.09. The third-order valence-corrected chi connectivity index (χ3v) is 4.42. The predicted molar refractivity (Wildman–Crippen MR) is 109 cm³/mol. The third kappa shape index (κ3) is 5.38. The van der Waals surface area contributed by atoms with Crippen molar-refractivity contribution in [2.75, 3.05) is 17.2 Å². The lowest BCUT2D eigenvalue weighted by Crippen LogP contribution is -2.16. The van der Waals surface area contributed by atoms with Crippen LogP contribution in [0.2, 0.25) is 0 Å². The third-order valence-electron chi connectivity index (χ3n) is 4.42. The van der Waals surface area contributed by atoms with Crippen molar-refractivity contribution in [3.63, 3.8) is 0 Å². The Kier molecular flexibility index (Phi) is 6.15. The Hall–Kier alpha value is -3.21. The van der Waals surface area contributed by atoms with E-state index in [2.05, 4.69) is 32.7 Å². The highest BCUT2D eigenvalue weighted by molar-refractivity contribution is 6.03. The maximum Gasteiger partial charge on any atom is 0.274 e. The van der Waals surface area contributed by atoms with Gasteiger partial charge in [-0.15, -0.1) is 0 Å². The van der Waals surface area contributed by atoms with Crippen molar-refractivity contribution >= 4 is 17.5 Å². The first-order valence-corrected chi connectivity index (χ1v) is 9.11. The van der Waals surface area contributed by atoms with Gasteiger partial charge in [-0.05, 0) is 61.6 Å². The zero-order valence-electron chi connectivity index (χ0n) is 15.7. The average Bonchev–Trinajstić information content (AvgIpc) is 2.69. The van der Waals surface area contributed by atoms with Gasteiger partial charge in [-0.1, -0.05) is 36.4 Å². The van der Waals surface area contributed by atoms with Crippen molar-refractivity contribution < 1.29 is 4.79 Å². The Bertz CT molecular complexity index is 909. The molecule has 3 rings (SSSR count). The lowest BCUT2D eigenvalue weighted by atomic mass is 10.1. The molecule has 5 heteroatoms. The Morgan fingerprint density at radius 2 is 1.81 bits per heavy atom. The molecule has 0 bridgehead atoms. The molecule has 0 aliphatic carbocycles. The fourth-order valence-electron chi connectivity index (χ4n) is 2.72. The summed E-state index contributed by atoms with van der Waals surface area (Å²) in [4.78, 5) is 21.0. The monoisotopic (exact) mass is 360 g/mol. The minimum atomic E-state index is -0.243. The molecule has 0 aliphatic heterocycles. The number of anilines is 2. The van der Waals surface area contributed by atoms with E-state index in [1.54, 1.807) is 12.3 Å². The maximum absolute atomic E-state index is 12.4. The van der Waals surface area contributed by atoms with Gasteiger partial charge in [0.1, 0.15) is 5.69 Å². The fourth-order valence-corrected chi connectivity index (χ4v) is 2.72. The number of hydrogen-bond acceptors (Lipinski definition) is 4. The van der Waals surface area contributed by atoms with Crippen molar-refractivity contribution in [1.29, 1.82) is 0 Å². The van der Waals surface area contributed by atoms with Gasteiger partial charge in [-0.2, -0.15) is 0 Å². The van der Waals surface area contributed by atoms with Crippen LogP contribution in [0.25, 0.3) is 0 Å². The molecule has 1 aromatic heterocycles. The van der Waals surface area contributed by atoms with E-state index in [1.165, 1.54) is 11.1 Å². The van der Waals surface area contributed by atoms with E-state index in [4.69, 9.17) is 0 Å². The van der Waals surface area contributed by atoms with Crippen LogP contribution in [0.15, 0.2) is 60.8 Å². The van der Waals surface area contributed by atoms with Crippen LogP contribution in [0.4, 0.5) is 11.6 Å². The highest BCUT2D eigenvalue weighted by Gasteiger charge is 2.09. The van der Waals surface area contributed by atoms with E-state index in [9.17, 15) is 4.79 Å². The van der Waals surface area contributed by atoms with E-state index in [1.807, 2.05) is 50.2 Å². The van der Waals surface area contributed by atoms with Gasteiger partial charge in [0.2, 0.25) is 5.95 Å². The summed E-state index contributed by atoms with van der Waals surface area (Å²) >= 11 is 0. The molecule has 0 aliphatic rings. The normalized spacial score (nSPS) is 10.4. The largest absolute Gasteiger partial charge is 0.354 e. The first kappa shape index (κ1) is 18.6. The number of nitrogens with zero attached hydrogens (tertiary/aromatic N) is 2. The van der Waals surface area contributed by atoms with Gasteiger partial charge >= 0.3 is 0 Å². The van der Waals surface area contributed by atoms with Crippen molar-refractivity contribution in [2.24, 2.45) is 0 Å². The summed E-state index contributed by atoms with van der Waals surface area (Å²) in [7, 11) is 0. The van der Waals surface area contributed by atoms with Crippen molar-refractivity contribution in [1.82, 2.24) is 9.97 Å². The first-order chi connectivity index (χ1) is 13.1.